The van der Waals surface area contributed by atoms with Crippen LogP contribution in [0.2, 0.25) is 0 Å². The number of hydrogen-bond donors (Lipinski definition) is 0. The Hall–Kier alpha value is -1.23. The summed E-state index contributed by atoms with van der Waals surface area (Å²) >= 11 is 2.24. The van der Waals surface area contributed by atoms with Gasteiger partial charge in [0.25, 0.3) is 0 Å². The highest BCUT2D eigenvalue weighted by Gasteiger charge is 1.99. The third kappa shape index (κ3) is 3.79. The summed E-state index contributed by atoms with van der Waals surface area (Å²) in [6.45, 7) is 7.28. The van der Waals surface area contributed by atoms with E-state index in [1.165, 1.54) is 0 Å². The third-order valence-electron chi connectivity index (χ3n) is 1.61. The van der Waals surface area contributed by atoms with E-state index in [1.807, 2.05) is 12.1 Å². The van der Waals surface area contributed by atoms with Crippen LogP contribution in [-0.4, -0.2) is 10.7 Å². The minimum atomic E-state index is 0.756. The van der Waals surface area contributed by atoms with E-state index >= 15 is 0 Å². The predicted molar refractivity (Wildman–Crippen MR) is 73.0 cm³/mol. The van der Waals surface area contributed by atoms with Crippen LogP contribution in [0.25, 0.3) is 0 Å². The lowest BCUT2D eigenvalue weighted by Crippen LogP contribution is -1.99. The van der Waals surface area contributed by atoms with Crippen LogP contribution in [0.5, 0.6) is 0 Å². The highest BCUT2D eigenvalue weighted by molar-refractivity contribution is 14.1. The Morgan fingerprint density at radius 2 is 2.27 bits per heavy atom. The van der Waals surface area contributed by atoms with E-state index in [0.29, 0.717) is 0 Å². The lowest BCUT2D eigenvalue weighted by Gasteiger charge is -1.99. The average molecular weight is 310 g/mol. The molecular weight excluding hydrogens is 299 g/mol. The van der Waals surface area contributed by atoms with Gasteiger partial charge in [0, 0.05) is 16.0 Å². The second kappa shape index (κ2) is 6.29. The van der Waals surface area contributed by atoms with Crippen LogP contribution in [0.3, 0.4) is 0 Å². The molecule has 76 valence electrons. The fraction of sp³-hybridized carbons (Fsp3) is 0. The molecule has 0 saturated carbocycles. The maximum Gasteiger partial charge on any atom is 0.0896 e. The van der Waals surface area contributed by atoms with E-state index in [2.05, 4.69) is 45.7 Å². The first-order valence-corrected chi connectivity index (χ1v) is 5.45. The van der Waals surface area contributed by atoms with Crippen molar-refractivity contribution in [2.45, 2.75) is 0 Å². The highest BCUT2D eigenvalue weighted by atomic mass is 127. The molecule has 0 spiro atoms. The molecular formula is C12H11IN2. The molecule has 1 rings (SSSR count). The van der Waals surface area contributed by atoms with Gasteiger partial charge in [-0.1, -0.05) is 19.2 Å². The van der Waals surface area contributed by atoms with Crippen molar-refractivity contribution in [3.63, 3.8) is 0 Å². The van der Waals surface area contributed by atoms with Crippen LogP contribution < -0.4 is 0 Å². The number of hydrogen-bond acceptors (Lipinski definition) is 2. The summed E-state index contributed by atoms with van der Waals surface area (Å²) in [4.78, 5) is 8.45. The Balaban J connectivity index is 3.02. The Morgan fingerprint density at radius 3 is 2.87 bits per heavy atom. The molecule has 0 amide bonds. The predicted octanol–water partition coefficient (Wildman–Crippen LogP) is 3.36. The first-order valence-electron chi connectivity index (χ1n) is 4.37. The van der Waals surface area contributed by atoms with Gasteiger partial charge in [0.15, 0.2) is 0 Å². The molecule has 15 heavy (non-hydrogen) atoms. The van der Waals surface area contributed by atoms with Crippen LogP contribution in [-0.2, 0) is 0 Å². The first-order chi connectivity index (χ1) is 7.27. The minimum Gasteiger partial charge on any atom is -0.255 e. The molecule has 0 N–H and O–H groups in total. The van der Waals surface area contributed by atoms with Gasteiger partial charge in [-0.25, -0.2) is 0 Å². The van der Waals surface area contributed by atoms with Gasteiger partial charge in [-0.15, -0.1) is 0 Å². The molecule has 1 aromatic heterocycles. The van der Waals surface area contributed by atoms with Gasteiger partial charge in [0.1, 0.15) is 0 Å². The molecule has 0 aliphatic rings. The van der Waals surface area contributed by atoms with Gasteiger partial charge in [-0.05, 0) is 46.9 Å². The fourth-order valence-electron chi connectivity index (χ4n) is 0.952. The van der Waals surface area contributed by atoms with E-state index in [-0.39, 0.29) is 0 Å². The van der Waals surface area contributed by atoms with Gasteiger partial charge >= 0.3 is 0 Å². The highest BCUT2D eigenvalue weighted by Crippen LogP contribution is 2.06. The van der Waals surface area contributed by atoms with Crippen molar-refractivity contribution in [1.82, 2.24) is 4.98 Å². The molecule has 0 saturated heterocycles. The lowest BCUT2D eigenvalue weighted by molar-refractivity contribution is 1.27. The topological polar surface area (TPSA) is 25.2 Å². The number of nitrogens with zero attached hydrogens (tertiary/aromatic N) is 2. The van der Waals surface area contributed by atoms with E-state index in [9.17, 15) is 0 Å². The molecule has 0 bridgehead atoms. The molecule has 0 fully saturated rings. The van der Waals surface area contributed by atoms with Crippen molar-refractivity contribution < 1.29 is 0 Å². The van der Waals surface area contributed by atoms with Crippen molar-refractivity contribution in [2.75, 3.05) is 0 Å². The Morgan fingerprint density at radius 1 is 1.47 bits per heavy atom. The molecule has 1 heterocycles. The van der Waals surface area contributed by atoms with E-state index in [0.717, 1.165) is 15.0 Å². The molecule has 0 radical (unpaired) electrons. The minimum absolute atomic E-state index is 0.756. The Bertz CT molecular complexity index is 419. The summed E-state index contributed by atoms with van der Waals surface area (Å²) in [5.74, 6) is 0. The smallest absolute Gasteiger partial charge is 0.0896 e. The maximum atomic E-state index is 4.22. The van der Waals surface area contributed by atoms with E-state index in [4.69, 9.17) is 0 Å². The van der Waals surface area contributed by atoms with Gasteiger partial charge in [0.2, 0.25) is 0 Å². The standard InChI is InChI=1S/C12H11IN2/c1-3-5-7-14-11(4-2)12-9-10(13)6-8-15-12/h3-9H,1-2H2/b7-5-,14-11+. The van der Waals surface area contributed by atoms with E-state index in [1.54, 1.807) is 30.6 Å². The van der Waals surface area contributed by atoms with Gasteiger partial charge in [-0.2, -0.15) is 0 Å². The molecule has 3 heteroatoms. The molecule has 0 aliphatic carbocycles. The van der Waals surface area contributed by atoms with Crippen LogP contribution in [0.15, 0.2) is 60.9 Å². The zero-order valence-corrected chi connectivity index (χ0v) is 10.4. The molecule has 0 unspecified atom stereocenters. The quantitative estimate of drug-likeness (QED) is 0.475. The second-order valence-electron chi connectivity index (χ2n) is 2.65. The number of pyridine rings is 1. The summed E-state index contributed by atoms with van der Waals surface area (Å²) < 4.78 is 1.12. The van der Waals surface area contributed by atoms with Crippen molar-refractivity contribution in [3.05, 3.63) is 65.2 Å². The zero-order valence-electron chi connectivity index (χ0n) is 8.23. The van der Waals surface area contributed by atoms with Crippen LogP contribution in [0, 0.1) is 3.57 Å². The van der Waals surface area contributed by atoms with Crippen molar-refractivity contribution >= 4 is 28.3 Å². The second-order valence-corrected chi connectivity index (χ2v) is 3.90. The summed E-state index contributed by atoms with van der Waals surface area (Å²) in [5.41, 5.74) is 1.58. The SMILES string of the molecule is C=C/C=C\N=C(/C=C)c1cc(I)ccn1. The fourth-order valence-corrected chi connectivity index (χ4v) is 1.41. The summed E-state index contributed by atoms with van der Waals surface area (Å²) in [6, 6.07) is 3.90. The molecule has 0 atom stereocenters. The van der Waals surface area contributed by atoms with Crippen LogP contribution >= 0.6 is 22.6 Å². The van der Waals surface area contributed by atoms with Gasteiger partial charge in [-0.3, -0.25) is 9.98 Å². The summed E-state index contributed by atoms with van der Waals surface area (Å²) in [7, 11) is 0. The Kier molecular flexibility index (Phi) is 4.97. The van der Waals surface area contributed by atoms with Crippen molar-refractivity contribution in [2.24, 2.45) is 4.99 Å². The summed E-state index contributed by atoms with van der Waals surface area (Å²) in [5, 5.41) is 0. The number of rotatable bonds is 4. The average Bonchev–Trinajstić information content (AvgIpc) is 2.24. The van der Waals surface area contributed by atoms with Crippen LogP contribution in [0.1, 0.15) is 5.69 Å². The molecule has 0 aromatic carbocycles. The summed E-state index contributed by atoms with van der Waals surface area (Å²) in [6.07, 6.45) is 8.55. The third-order valence-corrected chi connectivity index (χ3v) is 2.28. The molecule has 2 nitrogen and oxygen atoms in total. The monoisotopic (exact) mass is 310 g/mol. The number of halogens is 1. The lowest BCUT2D eigenvalue weighted by atomic mass is 10.2. The zero-order chi connectivity index (χ0) is 11.1. The number of aromatic nitrogens is 1. The van der Waals surface area contributed by atoms with Gasteiger partial charge < -0.3 is 0 Å². The first kappa shape index (κ1) is 11.8. The maximum absolute atomic E-state index is 4.22. The van der Waals surface area contributed by atoms with E-state index < -0.39 is 0 Å². The normalized spacial score (nSPS) is 11.7. The van der Waals surface area contributed by atoms with Crippen molar-refractivity contribution in [3.8, 4) is 0 Å². The Labute approximate surface area is 103 Å². The molecule has 1 aromatic rings. The van der Waals surface area contributed by atoms with Crippen molar-refractivity contribution in [1.29, 1.82) is 0 Å². The molecule has 0 aliphatic heterocycles. The number of aliphatic imine (C=N–C) groups is 1. The number of allylic oxidation sites excluding steroid dienone is 3. The van der Waals surface area contributed by atoms with Gasteiger partial charge in [0.05, 0.1) is 11.4 Å². The van der Waals surface area contributed by atoms with Crippen LogP contribution in [0.4, 0.5) is 0 Å². The largest absolute Gasteiger partial charge is 0.255 e.